The van der Waals surface area contributed by atoms with Crippen LogP contribution in [0.15, 0.2) is 48.5 Å². The maximum Gasteiger partial charge on any atom is 0.0893 e. The fraction of sp³-hybridized carbons (Fsp3) is 0.200. The molecule has 4 aromatic rings. The first-order valence-electron chi connectivity index (χ1n) is 7.62. The molecule has 0 aliphatic heterocycles. The van der Waals surface area contributed by atoms with Crippen LogP contribution >= 0.6 is 0 Å². The zero-order valence-electron chi connectivity index (χ0n) is 13.6. The molecule has 23 heavy (non-hydrogen) atoms. The molecule has 3 heteroatoms. The second-order valence-corrected chi connectivity index (χ2v) is 6.92. The summed E-state index contributed by atoms with van der Waals surface area (Å²) in [5.41, 5.74) is 5.53. The number of hydrogen-bond donors (Lipinski definition) is 0. The van der Waals surface area contributed by atoms with Crippen LogP contribution in [0.4, 0.5) is 0 Å². The molecule has 0 bridgehead atoms. The number of rotatable bonds is 0. The van der Waals surface area contributed by atoms with Crippen molar-refractivity contribution in [1.82, 2.24) is 9.38 Å². The van der Waals surface area contributed by atoms with E-state index in [0.29, 0.717) is 0 Å². The molecule has 0 amide bonds. The van der Waals surface area contributed by atoms with Gasteiger partial charge in [-0.1, -0.05) is 49.7 Å². The van der Waals surface area contributed by atoms with Gasteiger partial charge in [0.05, 0.1) is 16.7 Å². The van der Waals surface area contributed by atoms with E-state index >= 15 is 0 Å². The van der Waals surface area contributed by atoms with Crippen molar-refractivity contribution >= 4 is 27.5 Å². The molecule has 2 heterocycles. The van der Waals surface area contributed by atoms with E-state index in [1.54, 1.807) is 0 Å². The minimum absolute atomic E-state index is 0. The van der Waals surface area contributed by atoms with Gasteiger partial charge >= 0.3 is 0 Å². The molecule has 0 spiro atoms. The van der Waals surface area contributed by atoms with Gasteiger partial charge in [-0.15, -0.1) is 6.07 Å². The van der Waals surface area contributed by atoms with Gasteiger partial charge in [-0.25, -0.2) is 4.98 Å². The summed E-state index contributed by atoms with van der Waals surface area (Å²) in [6, 6.07) is 16.9. The second-order valence-electron chi connectivity index (χ2n) is 6.92. The number of imidazole rings is 1. The number of para-hydroxylation sites is 2. The van der Waals surface area contributed by atoms with Crippen molar-refractivity contribution in [2.24, 2.45) is 0 Å². The molecule has 0 N–H and O–H groups in total. The summed E-state index contributed by atoms with van der Waals surface area (Å²) in [5, 5.41) is 2.35. The molecular formula is C20H19IrN2-. The molecule has 0 atom stereocenters. The van der Waals surface area contributed by atoms with E-state index in [2.05, 4.69) is 74.6 Å². The van der Waals surface area contributed by atoms with Gasteiger partial charge in [0.2, 0.25) is 0 Å². The third-order valence-corrected chi connectivity index (χ3v) is 4.27. The quantitative estimate of drug-likeness (QED) is 0.320. The first-order valence-corrected chi connectivity index (χ1v) is 7.62. The minimum atomic E-state index is 0. The predicted molar refractivity (Wildman–Crippen MR) is 93.4 cm³/mol. The number of fused-ring (bicyclic) bond motifs is 5. The van der Waals surface area contributed by atoms with Gasteiger partial charge in [-0.05, 0) is 18.2 Å². The van der Waals surface area contributed by atoms with Crippen molar-refractivity contribution < 1.29 is 20.1 Å². The van der Waals surface area contributed by atoms with Crippen molar-refractivity contribution in [2.45, 2.75) is 26.2 Å². The number of pyridine rings is 1. The van der Waals surface area contributed by atoms with Crippen LogP contribution in [0.25, 0.3) is 27.5 Å². The van der Waals surface area contributed by atoms with Gasteiger partial charge in [0.25, 0.3) is 0 Å². The Morgan fingerprint density at radius 3 is 2.48 bits per heavy atom. The normalized spacial score (nSPS) is 12.0. The maximum atomic E-state index is 4.90. The maximum absolute atomic E-state index is 4.90. The van der Waals surface area contributed by atoms with Crippen molar-refractivity contribution in [3.8, 4) is 0 Å². The molecule has 0 aliphatic rings. The van der Waals surface area contributed by atoms with Crippen molar-refractivity contribution in [1.29, 1.82) is 0 Å². The van der Waals surface area contributed by atoms with E-state index in [9.17, 15) is 0 Å². The smallest absolute Gasteiger partial charge is 0.0893 e. The molecule has 2 aromatic heterocycles. The van der Waals surface area contributed by atoms with Gasteiger partial charge in [0.1, 0.15) is 0 Å². The number of benzene rings is 2. The first kappa shape index (κ1) is 16.0. The molecule has 0 fully saturated rings. The molecule has 2 aromatic carbocycles. The first-order chi connectivity index (χ1) is 10.5. The average Bonchev–Trinajstić information content (AvgIpc) is 2.84. The predicted octanol–water partition coefficient (Wildman–Crippen LogP) is 5.12. The third kappa shape index (κ3) is 2.36. The Morgan fingerprint density at radius 1 is 1.00 bits per heavy atom. The SMILES string of the molecule is [CH2-]c1cccc2cc(C(C)(C)C)n3c4ccccc4nc3c12.[Ir]. The summed E-state index contributed by atoms with van der Waals surface area (Å²) in [6.45, 7) is 10.9. The molecular weight excluding hydrogens is 460 g/mol. The molecule has 0 unspecified atom stereocenters. The second kappa shape index (κ2) is 5.36. The Kier molecular flexibility index (Phi) is 3.74. The largest absolute Gasteiger partial charge is 0.306 e. The minimum Gasteiger partial charge on any atom is -0.306 e. The average molecular weight is 480 g/mol. The number of hydrogen-bond acceptors (Lipinski definition) is 1. The molecule has 1 radical (unpaired) electrons. The summed E-state index contributed by atoms with van der Waals surface area (Å²) >= 11 is 0. The monoisotopic (exact) mass is 480 g/mol. The van der Waals surface area contributed by atoms with E-state index in [1.165, 1.54) is 11.1 Å². The van der Waals surface area contributed by atoms with Crippen LogP contribution in [0.3, 0.4) is 0 Å². The third-order valence-electron chi connectivity index (χ3n) is 4.27. The zero-order chi connectivity index (χ0) is 15.5. The van der Waals surface area contributed by atoms with E-state index in [4.69, 9.17) is 4.98 Å². The van der Waals surface area contributed by atoms with E-state index in [-0.39, 0.29) is 25.5 Å². The Labute approximate surface area is 149 Å². The van der Waals surface area contributed by atoms with Crippen LogP contribution in [0.2, 0.25) is 0 Å². The Morgan fingerprint density at radius 2 is 1.74 bits per heavy atom. The Balaban J connectivity index is 0.00000156. The fourth-order valence-corrected chi connectivity index (χ4v) is 3.21. The molecule has 0 aliphatic carbocycles. The summed E-state index contributed by atoms with van der Waals surface area (Å²) in [6.07, 6.45) is 0. The number of aromatic nitrogens is 2. The fourth-order valence-electron chi connectivity index (χ4n) is 3.21. The van der Waals surface area contributed by atoms with Crippen LogP contribution in [-0.4, -0.2) is 9.38 Å². The van der Waals surface area contributed by atoms with E-state index in [0.717, 1.165) is 27.6 Å². The molecule has 119 valence electrons. The molecule has 0 saturated carbocycles. The molecule has 4 rings (SSSR count). The molecule has 2 nitrogen and oxygen atoms in total. The van der Waals surface area contributed by atoms with Crippen LogP contribution in [-0.2, 0) is 25.5 Å². The zero-order valence-corrected chi connectivity index (χ0v) is 15.9. The summed E-state index contributed by atoms with van der Waals surface area (Å²) in [7, 11) is 0. The van der Waals surface area contributed by atoms with Crippen LogP contribution in [0, 0.1) is 6.92 Å². The Hall–Kier alpha value is -1.83. The number of nitrogens with zero attached hydrogens (tertiary/aromatic N) is 2. The van der Waals surface area contributed by atoms with Crippen molar-refractivity contribution in [2.75, 3.05) is 0 Å². The van der Waals surface area contributed by atoms with Crippen LogP contribution in [0.5, 0.6) is 0 Å². The van der Waals surface area contributed by atoms with Gasteiger partial charge in [0.15, 0.2) is 0 Å². The van der Waals surface area contributed by atoms with Crippen molar-refractivity contribution in [3.05, 3.63) is 66.7 Å². The van der Waals surface area contributed by atoms with Gasteiger partial charge in [-0.2, -0.15) is 18.6 Å². The van der Waals surface area contributed by atoms with E-state index < -0.39 is 0 Å². The standard InChI is InChI=1S/C20H19N2.Ir/c1-13-8-7-9-14-12-17(20(2,3)4)22-16-11-6-5-10-15(16)21-19(22)18(13)14;/h5-12H,1H2,2-4H3;/q-1;. The summed E-state index contributed by atoms with van der Waals surface area (Å²) in [4.78, 5) is 4.90. The van der Waals surface area contributed by atoms with Crippen LogP contribution < -0.4 is 0 Å². The summed E-state index contributed by atoms with van der Waals surface area (Å²) < 4.78 is 2.30. The topological polar surface area (TPSA) is 17.3 Å². The van der Waals surface area contributed by atoms with Gasteiger partial charge < -0.3 is 4.40 Å². The van der Waals surface area contributed by atoms with Crippen molar-refractivity contribution in [3.63, 3.8) is 0 Å². The molecule has 0 saturated heterocycles. The van der Waals surface area contributed by atoms with Gasteiger partial charge in [-0.3, -0.25) is 0 Å². The summed E-state index contributed by atoms with van der Waals surface area (Å²) in [5.74, 6) is 0. The Bertz CT molecular complexity index is 1020. The van der Waals surface area contributed by atoms with Crippen LogP contribution in [0.1, 0.15) is 32.0 Å². The van der Waals surface area contributed by atoms with E-state index in [1.807, 2.05) is 6.07 Å². The van der Waals surface area contributed by atoms with Gasteiger partial charge in [0, 0.05) is 31.2 Å².